The van der Waals surface area contributed by atoms with E-state index in [1.54, 1.807) is 11.0 Å². The Morgan fingerprint density at radius 2 is 2.19 bits per heavy atom. The van der Waals surface area contributed by atoms with Crippen LogP contribution in [0.1, 0.15) is 37.3 Å². The molecule has 0 bridgehead atoms. The fourth-order valence-electron chi connectivity index (χ4n) is 2.79. The molecule has 116 valence electrons. The molecule has 1 aliphatic heterocycles. The van der Waals surface area contributed by atoms with Gasteiger partial charge in [-0.3, -0.25) is 9.59 Å². The molecule has 1 aromatic heterocycles. The smallest absolute Gasteiger partial charge is 0.311 e. The second kappa shape index (κ2) is 6.30. The van der Waals surface area contributed by atoms with Crippen LogP contribution >= 0.6 is 0 Å². The summed E-state index contributed by atoms with van der Waals surface area (Å²) in [6.45, 7) is 6.77. The lowest BCUT2D eigenvalue weighted by atomic mass is 10.0. The highest BCUT2D eigenvalue weighted by atomic mass is 16.5. The van der Waals surface area contributed by atoms with E-state index >= 15 is 0 Å². The van der Waals surface area contributed by atoms with Crippen LogP contribution in [0.5, 0.6) is 0 Å². The number of carbonyl (C=O) groups is 2. The highest BCUT2D eigenvalue weighted by Gasteiger charge is 2.40. The van der Waals surface area contributed by atoms with Crippen LogP contribution in [0.15, 0.2) is 18.3 Å². The third-order valence-corrected chi connectivity index (χ3v) is 3.92. The standard InChI is InChI=1S/C15H22N2O4/c1-4-16(13-9-21-8-11(13)15(19)20)14(18)12-6-5-7-17(12)10(2)3/h5-7,10-11,13H,4,8-9H2,1-3H3,(H,19,20). The topological polar surface area (TPSA) is 71.8 Å². The molecule has 21 heavy (non-hydrogen) atoms. The minimum Gasteiger partial charge on any atom is -0.481 e. The van der Waals surface area contributed by atoms with Gasteiger partial charge in [-0.25, -0.2) is 0 Å². The van der Waals surface area contributed by atoms with Crippen LogP contribution in [-0.4, -0.2) is 52.3 Å². The maximum atomic E-state index is 12.8. The van der Waals surface area contributed by atoms with E-state index in [4.69, 9.17) is 4.74 Å². The van der Waals surface area contributed by atoms with Crippen molar-refractivity contribution in [3.05, 3.63) is 24.0 Å². The molecule has 1 N–H and O–H groups in total. The number of carboxylic acid groups (broad SMARTS) is 1. The van der Waals surface area contributed by atoms with E-state index in [1.807, 2.05) is 37.6 Å². The molecule has 0 saturated carbocycles. The minimum absolute atomic E-state index is 0.141. The van der Waals surface area contributed by atoms with E-state index in [-0.39, 0.29) is 25.2 Å². The number of aromatic nitrogens is 1. The number of amides is 1. The van der Waals surface area contributed by atoms with Crippen molar-refractivity contribution in [2.24, 2.45) is 5.92 Å². The second-order valence-corrected chi connectivity index (χ2v) is 5.54. The van der Waals surface area contributed by atoms with E-state index in [9.17, 15) is 14.7 Å². The van der Waals surface area contributed by atoms with Crippen LogP contribution in [0.25, 0.3) is 0 Å². The summed E-state index contributed by atoms with van der Waals surface area (Å²) in [7, 11) is 0. The molecule has 2 heterocycles. The molecule has 0 aromatic carbocycles. The molecule has 0 spiro atoms. The molecule has 2 unspecified atom stereocenters. The molecule has 1 amide bonds. The van der Waals surface area contributed by atoms with Crippen LogP contribution < -0.4 is 0 Å². The zero-order chi connectivity index (χ0) is 15.6. The first-order valence-corrected chi connectivity index (χ1v) is 7.25. The molecule has 1 fully saturated rings. The number of carbonyl (C=O) groups excluding carboxylic acids is 1. The fourth-order valence-corrected chi connectivity index (χ4v) is 2.79. The quantitative estimate of drug-likeness (QED) is 0.896. The van der Waals surface area contributed by atoms with E-state index in [1.165, 1.54) is 0 Å². The van der Waals surface area contributed by atoms with Crippen LogP contribution in [0.4, 0.5) is 0 Å². The van der Waals surface area contributed by atoms with E-state index < -0.39 is 17.9 Å². The molecule has 0 aliphatic carbocycles. The van der Waals surface area contributed by atoms with Gasteiger partial charge in [0.25, 0.3) is 5.91 Å². The Balaban J connectivity index is 2.26. The van der Waals surface area contributed by atoms with Crippen molar-refractivity contribution < 1.29 is 19.4 Å². The highest BCUT2D eigenvalue weighted by molar-refractivity contribution is 5.93. The van der Waals surface area contributed by atoms with Crippen LogP contribution in [0.3, 0.4) is 0 Å². The highest BCUT2D eigenvalue weighted by Crippen LogP contribution is 2.23. The summed E-state index contributed by atoms with van der Waals surface area (Å²) in [4.78, 5) is 25.7. The SMILES string of the molecule is CCN(C(=O)c1cccn1C(C)C)C1COCC1C(=O)O. The number of ether oxygens (including phenoxy) is 1. The molecule has 0 radical (unpaired) electrons. The van der Waals surface area contributed by atoms with Gasteiger partial charge in [-0.1, -0.05) is 0 Å². The Kier molecular flexibility index (Phi) is 4.67. The fraction of sp³-hybridized carbons (Fsp3) is 0.600. The molecule has 6 heteroatoms. The average Bonchev–Trinajstić information content (AvgIpc) is 3.08. The summed E-state index contributed by atoms with van der Waals surface area (Å²) in [6.07, 6.45) is 1.87. The molecule has 6 nitrogen and oxygen atoms in total. The van der Waals surface area contributed by atoms with Gasteiger partial charge in [0.1, 0.15) is 11.6 Å². The maximum Gasteiger partial charge on any atom is 0.311 e. The number of hydrogen-bond donors (Lipinski definition) is 1. The third kappa shape index (κ3) is 2.95. The number of hydrogen-bond acceptors (Lipinski definition) is 3. The summed E-state index contributed by atoms with van der Waals surface area (Å²) < 4.78 is 7.18. The summed E-state index contributed by atoms with van der Waals surface area (Å²) in [5, 5.41) is 9.26. The Bertz CT molecular complexity index is 523. The van der Waals surface area contributed by atoms with Crippen LogP contribution in [-0.2, 0) is 9.53 Å². The third-order valence-electron chi connectivity index (χ3n) is 3.92. The van der Waals surface area contributed by atoms with Crippen molar-refractivity contribution in [2.75, 3.05) is 19.8 Å². The van der Waals surface area contributed by atoms with Crippen LogP contribution in [0, 0.1) is 5.92 Å². The van der Waals surface area contributed by atoms with Crippen LogP contribution in [0.2, 0.25) is 0 Å². The van der Waals surface area contributed by atoms with Gasteiger partial charge in [0, 0.05) is 18.8 Å². The van der Waals surface area contributed by atoms with E-state index in [2.05, 4.69) is 0 Å². The van der Waals surface area contributed by atoms with Gasteiger partial charge >= 0.3 is 5.97 Å². The van der Waals surface area contributed by atoms with Gasteiger partial charge < -0.3 is 19.3 Å². The number of rotatable bonds is 5. The Morgan fingerprint density at radius 1 is 1.48 bits per heavy atom. The lowest BCUT2D eigenvalue weighted by Gasteiger charge is -2.30. The summed E-state index contributed by atoms with van der Waals surface area (Å²) in [6, 6.07) is 3.38. The van der Waals surface area contributed by atoms with Crippen molar-refractivity contribution in [3.63, 3.8) is 0 Å². The van der Waals surface area contributed by atoms with Gasteiger partial charge in [0.2, 0.25) is 0 Å². The largest absolute Gasteiger partial charge is 0.481 e. The zero-order valence-corrected chi connectivity index (χ0v) is 12.7. The number of nitrogens with zero attached hydrogens (tertiary/aromatic N) is 2. The van der Waals surface area contributed by atoms with Crippen molar-refractivity contribution >= 4 is 11.9 Å². The first kappa shape index (κ1) is 15.6. The number of aliphatic carboxylic acids is 1. The maximum absolute atomic E-state index is 12.8. The summed E-state index contributed by atoms with van der Waals surface area (Å²) in [5.74, 6) is -1.71. The van der Waals surface area contributed by atoms with Gasteiger partial charge in [-0.2, -0.15) is 0 Å². The molecule has 1 aromatic rings. The molecule has 1 saturated heterocycles. The normalized spacial score (nSPS) is 21.7. The Hall–Kier alpha value is -1.82. The molecule has 2 atom stereocenters. The molecule has 2 rings (SSSR count). The summed E-state index contributed by atoms with van der Waals surface area (Å²) >= 11 is 0. The van der Waals surface area contributed by atoms with E-state index in [0.29, 0.717) is 12.2 Å². The molecule has 1 aliphatic rings. The minimum atomic E-state index is -0.914. The molecular weight excluding hydrogens is 272 g/mol. The van der Waals surface area contributed by atoms with Gasteiger partial charge in [0.05, 0.1) is 19.3 Å². The van der Waals surface area contributed by atoms with Crippen molar-refractivity contribution in [2.45, 2.75) is 32.9 Å². The lowest BCUT2D eigenvalue weighted by Crippen LogP contribution is -2.47. The second-order valence-electron chi connectivity index (χ2n) is 5.54. The monoisotopic (exact) mass is 294 g/mol. The zero-order valence-electron chi connectivity index (χ0n) is 12.7. The first-order valence-electron chi connectivity index (χ1n) is 7.25. The first-order chi connectivity index (χ1) is 9.97. The van der Waals surface area contributed by atoms with Crippen molar-refractivity contribution in [3.8, 4) is 0 Å². The van der Waals surface area contributed by atoms with Crippen molar-refractivity contribution in [1.29, 1.82) is 0 Å². The van der Waals surface area contributed by atoms with Crippen molar-refractivity contribution in [1.82, 2.24) is 9.47 Å². The number of likely N-dealkylation sites (N-methyl/N-ethyl adjacent to an activating group) is 1. The number of carboxylic acids is 1. The molecular formula is C15H22N2O4. The average molecular weight is 294 g/mol. The van der Waals surface area contributed by atoms with E-state index in [0.717, 1.165) is 0 Å². The predicted molar refractivity (Wildman–Crippen MR) is 77.3 cm³/mol. The summed E-state index contributed by atoms with van der Waals surface area (Å²) in [5.41, 5.74) is 0.586. The predicted octanol–water partition coefficient (Wildman–Crippen LogP) is 1.63. The lowest BCUT2D eigenvalue weighted by molar-refractivity contribution is -0.142. The van der Waals surface area contributed by atoms with Gasteiger partial charge in [-0.15, -0.1) is 0 Å². The Morgan fingerprint density at radius 3 is 2.76 bits per heavy atom. The van der Waals surface area contributed by atoms with Gasteiger partial charge in [0.15, 0.2) is 0 Å². The Labute approximate surface area is 124 Å². The van der Waals surface area contributed by atoms with Gasteiger partial charge in [-0.05, 0) is 32.9 Å².